The Kier molecular flexibility index (Phi) is 6.51. The predicted molar refractivity (Wildman–Crippen MR) is 114 cm³/mol. The maximum Gasteiger partial charge on any atom is 0.283 e. The van der Waals surface area contributed by atoms with Crippen molar-refractivity contribution in [2.24, 2.45) is 5.10 Å². The lowest BCUT2D eigenvalue weighted by atomic mass is 10.2. The average molecular weight is 435 g/mol. The van der Waals surface area contributed by atoms with Crippen molar-refractivity contribution in [2.45, 2.75) is 13.5 Å². The van der Waals surface area contributed by atoms with Crippen LogP contribution in [0.25, 0.3) is 0 Å². The standard InChI is InChI=1S/C19H16Cl2N4O2S/c1-11-17(28-19(22)24-11)18(26)25-23-9-12-4-2-3-5-16(12)27-10-13-6-7-14(20)8-15(13)21/h2-9H,10H2,1H3,(H2,22,24)(H,25,26). The molecule has 1 amide bonds. The minimum Gasteiger partial charge on any atom is -0.488 e. The van der Waals surface area contributed by atoms with Gasteiger partial charge in [-0.25, -0.2) is 10.4 Å². The van der Waals surface area contributed by atoms with Crippen molar-refractivity contribution >= 4 is 51.8 Å². The lowest BCUT2D eigenvalue weighted by Crippen LogP contribution is -2.17. The van der Waals surface area contributed by atoms with Crippen molar-refractivity contribution in [3.8, 4) is 5.75 Å². The number of thiazole rings is 1. The number of para-hydroxylation sites is 1. The van der Waals surface area contributed by atoms with E-state index in [-0.39, 0.29) is 12.5 Å². The first-order valence-electron chi connectivity index (χ1n) is 8.16. The molecule has 0 aliphatic carbocycles. The van der Waals surface area contributed by atoms with Crippen LogP contribution < -0.4 is 15.9 Å². The van der Waals surface area contributed by atoms with Gasteiger partial charge in [0.2, 0.25) is 0 Å². The fourth-order valence-electron chi connectivity index (χ4n) is 2.35. The van der Waals surface area contributed by atoms with E-state index in [1.54, 1.807) is 25.1 Å². The van der Waals surface area contributed by atoms with E-state index in [0.29, 0.717) is 37.1 Å². The molecule has 3 aromatic rings. The number of hydrogen-bond donors (Lipinski definition) is 2. The van der Waals surface area contributed by atoms with Crippen LogP contribution >= 0.6 is 34.5 Å². The second kappa shape index (κ2) is 9.05. The summed E-state index contributed by atoms with van der Waals surface area (Å²) < 4.78 is 5.85. The van der Waals surface area contributed by atoms with Gasteiger partial charge in [-0.3, -0.25) is 4.79 Å². The molecule has 0 saturated carbocycles. The van der Waals surface area contributed by atoms with E-state index in [2.05, 4.69) is 15.5 Å². The molecular weight excluding hydrogens is 419 g/mol. The summed E-state index contributed by atoms with van der Waals surface area (Å²) in [6, 6.07) is 12.6. The van der Waals surface area contributed by atoms with Gasteiger partial charge in [0.05, 0.1) is 11.9 Å². The van der Waals surface area contributed by atoms with Crippen LogP contribution in [0.15, 0.2) is 47.6 Å². The smallest absolute Gasteiger partial charge is 0.283 e. The lowest BCUT2D eigenvalue weighted by molar-refractivity contribution is 0.0958. The second-order valence-corrected chi connectivity index (χ2v) is 7.60. The summed E-state index contributed by atoms with van der Waals surface area (Å²) in [5.41, 5.74) is 10.2. The van der Waals surface area contributed by atoms with Crippen molar-refractivity contribution in [1.29, 1.82) is 0 Å². The molecule has 9 heteroatoms. The normalized spacial score (nSPS) is 11.0. The number of aryl methyl sites for hydroxylation is 1. The third-order valence-corrected chi connectivity index (χ3v) is 5.28. The van der Waals surface area contributed by atoms with Gasteiger partial charge in [-0.2, -0.15) is 5.10 Å². The van der Waals surface area contributed by atoms with Crippen molar-refractivity contribution in [2.75, 3.05) is 5.73 Å². The Hall–Kier alpha value is -2.61. The van der Waals surface area contributed by atoms with Crippen molar-refractivity contribution in [1.82, 2.24) is 10.4 Å². The number of nitrogens with one attached hydrogen (secondary N) is 1. The van der Waals surface area contributed by atoms with Gasteiger partial charge in [-0.05, 0) is 31.2 Å². The van der Waals surface area contributed by atoms with Gasteiger partial charge in [0, 0.05) is 21.2 Å². The molecule has 0 atom stereocenters. The van der Waals surface area contributed by atoms with E-state index in [1.807, 2.05) is 24.3 Å². The van der Waals surface area contributed by atoms with Crippen LogP contribution in [-0.2, 0) is 6.61 Å². The van der Waals surface area contributed by atoms with E-state index in [9.17, 15) is 4.79 Å². The Labute approximate surface area is 176 Å². The minimum absolute atomic E-state index is 0.270. The van der Waals surface area contributed by atoms with Gasteiger partial charge >= 0.3 is 0 Å². The van der Waals surface area contributed by atoms with E-state index < -0.39 is 0 Å². The molecule has 1 aromatic heterocycles. The van der Waals surface area contributed by atoms with E-state index in [1.165, 1.54) is 6.21 Å². The quantitative estimate of drug-likeness (QED) is 0.435. The number of hydrazone groups is 1. The molecule has 6 nitrogen and oxygen atoms in total. The highest BCUT2D eigenvalue weighted by atomic mass is 35.5. The third kappa shape index (κ3) is 5.01. The summed E-state index contributed by atoms with van der Waals surface area (Å²) in [5, 5.41) is 5.44. The number of hydrogen-bond acceptors (Lipinski definition) is 6. The number of benzene rings is 2. The molecule has 0 bridgehead atoms. The highest BCUT2D eigenvalue weighted by Crippen LogP contribution is 2.24. The van der Waals surface area contributed by atoms with Crippen LogP contribution in [0.4, 0.5) is 5.13 Å². The van der Waals surface area contributed by atoms with Crippen LogP contribution in [0.3, 0.4) is 0 Å². The summed E-state index contributed by atoms with van der Waals surface area (Å²) >= 11 is 13.2. The van der Waals surface area contributed by atoms with E-state index in [4.69, 9.17) is 33.7 Å². The Balaban J connectivity index is 1.67. The molecule has 0 saturated heterocycles. The summed E-state index contributed by atoms with van der Waals surface area (Å²) in [6.07, 6.45) is 1.51. The summed E-state index contributed by atoms with van der Waals surface area (Å²) in [7, 11) is 0. The number of nitrogen functional groups attached to an aromatic ring is 1. The number of nitrogens with two attached hydrogens (primary N) is 1. The molecular formula is C19H16Cl2N4O2S. The first-order chi connectivity index (χ1) is 13.4. The zero-order valence-corrected chi connectivity index (χ0v) is 17.1. The number of amides is 1. The number of carbonyl (C=O) groups is 1. The number of halogens is 2. The van der Waals surface area contributed by atoms with E-state index >= 15 is 0 Å². The minimum atomic E-state index is -0.366. The Morgan fingerprint density at radius 1 is 1.32 bits per heavy atom. The molecule has 2 aromatic carbocycles. The number of nitrogens with zero attached hydrogens (tertiary/aromatic N) is 2. The van der Waals surface area contributed by atoms with Gasteiger partial charge in [0.15, 0.2) is 5.13 Å². The molecule has 144 valence electrons. The number of ether oxygens (including phenoxy) is 1. The average Bonchev–Trinajstić information content (AvgIpc) is 3.00. The number of aromatic nitrogens is 1. The molecule has 0 spiro atoms. The van der Waals surface area contributed by atoms with Gasteiger partial charge in [0.1, 0.15) is 17.2 Å². The number of anilines is 1. The zero-order valence-electron chi connectivity index (χ0n) is 14.8. The van der Waals surface area contributed by atoms with Gasteiger partial charge in [-0.1, -0.05) is 52.7 Å². The fraction of sp³-hybridized carbons (Fsp3) is 0.105. The predicted octanol–water partition coefficient (Wildman–Crippen LogP) is 4.68. The maximum absolute atomic E-state index is 12.2. The molecule has 3 N–H and O–H groups in total. The zero-order chi connectivity index (χ0) is 20.1. The van der Waals surface area contributed by atoms with Gasteiger partial charge in [-0.15, -0.1) is 0 Å². The number of rotatable bonds is 6. The molecule has 28 heavy (non-hydrogen) atoms. The molecule has 1 heterocycles. The molecule has 0 unspecified atom stereocenters. The molecule has 0 radical (unpaired) electrons. The first kappa shape index (κ1) is 20.1. The summed E-state index contributed by atoms with van der Waals surface area (Å²) in [5.74, 6) is 0.235. The van der Waals surface area contributed by atoms with Crippen LogP contribution in [0, 0.1) is 6.92 Å². The Morgan fingerprint density at radius 2 is 2.11 bits per heavy atom. The van der Waals surface area contributed by atoms with E-state index in [0.717, 1.165) is 16.9 Å². The van der Waals surface area contributed by atoms with Gasteiger partial charge < -0.3 is 10.5 Å². The van der Waals surface area contributed by atoms with Crippen LogP contribution in [0.2, 0.25) is 10.0 Å². The van der Waals surface area contributed by atoms with Crippen molar-refractivity contribution in [3.05, 3.63) is 74.2 Å². The first-order valence-corrected chi connectivity index (χ1v) is 9.73. The SMILES string of the molecule is Cc1nc(N)sc1C(=O)NN=Cc1ccccc1OCc1ccc(Cl)cc1Cl. The molecule has 0 aliphatic rings. The Bertz CT molecular complexity index is 1040. The third-order valence-electron chi connectivity index (χ3n) is 3.71. The highest BCUT2D eigenvalue weighted by Gasteiger charge is 2.13. The molecule has 0 aliphatic heterocycles. The second-order valence-electron chi connectivity index (χ2n) is 5.73. The Morgan fingerprint density at radius 3 is 2.82 bits per heavy atom. The fourth-order valence-corrected chi connectivity index (χ4v) is 3.54. The summed E-state index contributed by atoms with van der Waals surface area (Å²) in [6.45, 7) is 1.99. The summed E-state index contributed by atoms with van der Waals surface area (Å²) in [4.78, 5) is 16.6. The molecule has 3 rings (SSSR count). The van der Waals surface area contributed by atoms with Crippen molar-refractivity contribution < 1.29 is 9.53 Å². The van der Waals surface area contributed by atoms with Crippen LogP contribution in [-0.4, -0.2) is 17.1 Å². The topological polar surface area (TPSA) is 89.6 Å². The van der Waals surface area contributed by atoms with Crippen molar-refractivity contribution in [3.63, 3.8) is 0 Å². The monoisotopic (exact) mass is 434 g/mol. The molecule has 0 fully saturated rings. The van der Waals surface area contributed by atoms with Crippen LogP contribution in [0.5, 0.6) is 5.75 Å². The highest BCUT2D eigenvalue weighted by molar-refractivity contribution is 7.17. The van der Waals surface area contributed by atoms with Crippen LogP contribution in [0.1, 0.15) is 26.5 Å². The largest absolute Gasteiger partial charge is 0.488 e. The maximum atomic E-state index is 12.2. The lowest BCUT2D eigenvalue weighted by Gasteiger charge is -2.10. The number of carbonyl (C=O) groups excluding carboxylic acids is 1. The van der Waals surface area contributed by atoms with Gasteiger partial charge in [0.25, 0.3) is 5.91 Å².